The molecule has 2 N–H and O–H groups in total. The van der Waals surface area contributed by atoms with Gasteiger partial charge in [-0.15, -0.1) is 11.8 Å². The molecule has 0 atom stereocenters. The van der Waals surface area contributed by atoms with Crippen LogP contribution < -0.4 is 5.69 Å². The van der Waals surface area contributed by atoms with Gasteiger partial charge in [0, 0.05) is 23.7 Å². The van der Waals surface area contributed by atoms with Crippen molar-refractivity contribution in [1.29, 1.82) is 0 Å². The first-order valence-corrected chi connectivity index (χ1v) is 9.05. The molecule has 4 aromatic rings. The van der Waals surface area contributed by atoms with Gasteiger partial charge in [-0.3, -0.25) is 0 Å². The van der Waals surface area contributed by atoms with E-state index >= 15 is 0 Å². The Hall–Kier alpha value is -2.75. The van der Waals surface area contributed by atoms with Gasteiger partial charge < -0.3 is 14.5 Å². The summed E-state index contributed by atoms with van der Waals surface area (Å²) in [5, 5.41) is 0. The summed E-state index contributed by atoms with van der Waals surface area (Å²) >= 11 is 1.56. The molecule has 0 aliphatic rings. The highest BCUT2D eigenvalue weighted by Gasteiger charge is 2.32. The van der Waals surface area contributed by atoms with Crippen LogP contribution in [0.5, 0.6) is 0 Å². The van der Waals surface area contributed by atoms with Gasteiger partial charge in [0.05, 0.1) is 16.6 Å². The molecule has 1 aromatic carbocycles. The van der Waals surface area contributed by atoms with Crippen molar-refractivity contribution in [1.82, 2.24) is 24.5 Å². The van der Waals surface area contributed by atoms with Crippen LogP contribution >= 0.6 is 11.8 Å². The van der Waals surface area contributed by atoms with Crippen LogP contribution in [-0.4, -0.2) is 30.3 Å². The van der Waals surface area contributed by atoms with E-state index in [4.69, 9.17) is 0 Å². The minimum Gasteiger partial charge on any atom is -0.312 e. The molecule has 0 amide bonds. The van der Waals surface area contributed by atoms with Gasteiger partial charge in [-0.25, -0.2) is 14.8 Å². The maximum Gasteiger partial charge on any atom is 0.417 e. The second kappa shape index (κ2) is 6.15. The Labute approximate surface area is 154 Å². The summed E-state index contributed by atoms with van der Waals surface area (Å²) in [4.78, 5) is 26.2. The molecule has 0 unspecified atom stereocenters. The minimum absolute atomic E-state index is 0.164. The monoisotopic (exact) mass is 393 g/mol. The number of nitrogens with one attached hydrogen (secondary N) is 2. The SMILES string of the molecule is CCSc1cc2[nH]c(=O)[nH]c2cc1-c1nc2cc(C(F)(F)F)cnc2n1C. The fourth-order valence-corrected chi connectivity index (χ4v) is 3.80. The third-order valence-corrected chi connectivity index (χ3v) is 5.13. The largest absolute Gasteiger partial charge is 0.417 e. The van der Waals surface area contributed by atoms with Crippen molar-refractivity contribution in [2.75, 3.05) is 5.75 Å². The Kier molecular flexibility index (Phi) is 4.02. The molecule has 0 spiro atoms. The highest BCUT2D eigenvalue weighted by molar-refractivity contribution is 7.99. The molecular formula is C17H14F3N5OS. The number of pyridine rings is 1. The summed E-state index contributed by atoms with van der Waals surface area (Å²) in [7, 11) is 1.70. The zero-order chi connectivity index (χ0) is 19.3. The number of thioether (sulfide) groups is 1. The molecule has 0 saturated carbocycles. The molecule has 6 nitrogen and oxygen atoms in total. The number of imidazole rings is 2. The number of alkyl halides is 3. The van der Waals surface area contributed by atoms with Crippen molar-refractivity contribution in [3.05, 3.63) is 40.4 Å². The zero-order valence-corrected chi connectivity index (χ0v) is 15.1. The van der Waals surface area contributed by atoms with Crippen LogP contribution in [0.4, 0.5) is 13.2 Å². The van der Waals surface area contributed by atoms with E-state index in [1.807, 2.05) is 13.0 Å². The first-order valence-electron chi connectivity index (χ1n) is 8.07. The lowest BCUT2D eigenvalue weighted by Gasteiger charge is -2.09. The van der Waals surface area contributed by atoms with Gasteiger partial charge in [0.1, 0.15) is 11.3 Å². The average Bonchev–Trinajstić information content (AvgIpc) is 3.12. The third-order valence-electron chi connectivity index (χ3n) is 4.19. The third kappa shape index (κ3) is 2.99. The van der Waals surface area contributed by atoms with E-state index in [-0.39, 0.29) is 11.2 Å². The predicted molar refractivity (Wildman–Crippen MR) is 97.8 cm³/mol. The van der Waals surface area contributed by atoms with E-state index in [9.17, 15) is 18.0 Å². The van der Waals surface area contributed by atoms with Crippen molar-refractivity contribution in [2.45, 2.75) is 18.0 Å². The number of fused-ring (bicyclic) bond motifs is 2. The van der Waals surface area contributed by atoms with Crippen LogP contribution in [-0.2, 0) is 13.2 Å². The number of halogens is 3. The van der Waals surface area contributed by atoms with Crippen molar-refractivity contribution in [3.63, 3.8) is 0 Å². The smallest absolute Gasteiger partial charge is 0.312 e. The Balaban J connectivity index is 1.96. The van der Waals surface area contributed by atoms with Crippen LogP contribution in [0.3, 0.4) is 0 Å². The number of rotatable bonds is 3. The van der Waals surface area contributed by atoms with Crippen molar-refractivity contribution >= 4 is 34.0 Å². The van der Waals surface area contributed by atoms with E-state index in [0.717, 1.165) is 28.5 Å². The lowest BCUT2D eigenvalue weighted by atomic mass is 10.2. The van der Waals surface area contributed by atoms with Crippen molar-refractivity contribution < 1.29 is 13.2 Å². The second-order valence-electron chi connectivity index (χ2n) is 5.96. The lowest BCUT2D eigenvalue weighted by Crippen LogP contribution is -2.05. The highest BCUT2D eigenvalue weighted by atomic mass is 32.2. The molecule has 0 aliphatic heterocycles. The average molecular weight is 393 g/mol. The molecule has 3 aromatic heterocycles. The van der Waals surface area contributed by atoms with Crippen molar-refractivity contribution in [2.24, 2.45) is 7.05 Å². The number of benzene rings is 1. The summed E-state index contributed by atoms with van der Waals surface area (Å²) in [6.07, 6.45) is -3.67. The zero-order valence-electron chi connectivity index (χ0n) is 14.3. The number of H-pyrrole nitrogens is 2. The van der Waals surface area contributed by atoms with Gasteiger partial charge in [-0.1, -0.05) is 6.92 Å². The van der Waals surface area contributed by atoms with Gasteiger partial charge in [0.15, 0.2) is 5.65 Å². The number of aromatic amines is 2. The molecule has 0 radical (unpaired) electrons. The summed E-state index contributed by atoms with van der Waals surface area (Å²) in [6.45, 7) is 1.99. The Morgan fingerprint density at radius 3 is 2.56 bits per heavy atom. The minimum atomic E-state index is -4.48. The summed E-state index contributed by atoms with van der Waals surface area (Å²) < 4.78 is 40.6. The first-order chi connectivity index (χ1) is 12.8. The molecule has 0 fully saturated rings. The van der Waals surface area contributed by atoms with Crippen LogP contribution in [0.15, 0.2) is 34.1 Å². The predicted octanol–water partition coefficient (Wildman–Crippen LogP) is 3.94. The summed E-state index contributed by atoms with van der Waals surface area (Å²) in [6, 6.07) is 4.61. The Morgan fingerprint density at radius 2 is 1.89 bits per heavy atom. The molecule has 0 aliphatic carbocycles. The molecule has 27 heavy (non-hydrogen) atoms. The standard InChI is InChI=1S/C17H14F3N5OS/c1-3-27-13-6-11-10(23-16(26)24-11)5-9(13)14-22-12-4-8(17(18,19)20)7-21-15(12)25(14)2/h4-7H,3H2,1-2H3,(H2,23,24,26). The van der Waals surface area contributed by atoms with E-state index in [0.29, 0.717) is 22.5 Å². The number of aromatic nitrogens is 5. The van der Waals surface area contributed by atoms with Gasteiger partial charge in [-0.2, -0.15) is 13.2 Å². The second-order valence-corrected chi connectivity index (χ2v) is 7.27. The van der Waals surface area contributed by atoms with Crippen LogP contribution in [0.2, 0.25) is 0 Å². The van der Waals surface area contributed by atoms with Crippen LogP contribution in [0.25, 0.3) is 33.6 Å². The van der Waals surface area contributed by atoms with E-state index in [2.05, 4.69) is 19.9 Å². The lowest BCUT2D eigenvalue weighted by molar-refractivity contribution is -0.137. The molecule has 0 saturated heterocycles. The molecular weight excluding hydrogens is 379 g/mol. The number of hydrogen-bond donors (Lipinski definition) is 2. The van der Waals surface area contributed by atoms with E-state index in [1.165, 1.54) is 0 Å². The number of nitrogens with zero attached hydrogens (tertiary/aromatic N) is 3. The maximum atomic E-state index is 13.0. The van der Waals surface area contributed by atoms with Gasteiger partial charge in [0.2, 0.25) is 0 Å². The maximum absolute atomic E-state index is 13.0. The first kappa shape index (κ1) is 17.7. The van der Waals surface area contributed by atoms with Gasteiger partial charge >= 0.3 is 11.9 Å². The Morgan fingerprint density at radius 1 is 1.19 bits per heavy atom. The Bertz CT molecular complexity index is 1220. The summed E-state index contributed by atoms with van der Waals surface area (Å²) in [5.41, 5.74) is 1.34. The van der Waals surface area contributed by atoms with Crippen molar-refractivity contribution in [3.8, 4) is 11.4 Å². The molecule has 0 bridgehead atoms. The van der Waals surface area contributed by atoms with Gasteiger partial charge in [-0.05, 0) is 24.0 Å². The topological polar surface area (TPSA) is 79.4 Å². The molecule has 10 heteroatoms. The summed E-state index contributed by atoms with van der Waals surface area (Å²) in [5.74, 6) is 1.27. The molecule has 140 valence electrons. The van der Waals surface area contributed by atoms with E-state index in [1.54, 1.807) is 29.4 Å². The molecule has 4 rings (SSSR count). The van der Waals surface area contributed by atoms with E-state index < -0.39 is 11.7 Å². The fraction of sp³-hybridized carbons (Fsp3) is 0.235. The highest BCUT2D eigenvalue weighted by Crippen LogP contribution is 2.36. The number of hydrogen-bond acceptors (Lipinski definition) is 4. The normalized spacial score (nSPS) is 12.3. The fourth-order valence-electron chi connectivity index (χ4n) is 2.98. The molecule has 3 heterocycles. The number of aryl methyl sites for hydroxylation is 1. The quantitative estimate of drug-likeness (QED) is 0.517. The van der Waals surface area contributed by atoms with Gasteiger partial charge in [0.25, 0.3) is 0 Å². The van der Waals surface area contributed by atoms with Crippen LogP contribution in [0.1, 0.15) is 12.5 Å². The van der Waals surface area contributed by atoms with Crippen LogP contribution in [0, 0.1) is 0 Å².